The second kappa shape index (κ2) is 13.6. The average Bonchev–Trinajstić information content (AvgIpc) is 3.32. The number of hydrogen-bond donors (Lipinski definition) is 1. The lowest BCUT2D eigenvalue weighted by Crippen LogP contribution is -2.33. The molecular formula is C22H29F4N5O4. The Kier molecular flexibility index (Phi) is 10.9. The highest BCUT2D eigenvalue weighted by molar-refractivity contribution is 5.95. The molecule has 0 aliphatic carbocycles. The number of carbonyl (C=O) groups excluding carboxylic acids is 2. The number of aromatic nitrogens is 3. The number of carbonyl (C=O) groups is 2. The van der Waals surface area contributed by atoms with Gasteiger partial charge in [0.15, 0.2) is 5.69 Å². The first-order valence-corrected chi connectivity index (χ1v) is 11.0. The topological polar surface area (TPSA) is 98.6 Å². The molecule has 1 aromatic heterocycles. The van der Waals surface area contributed by atoms with Crippen molar-refractivity contribution in [3.63, 3.8) is 0 Å². The van der Waals surface area contributed by atoms with Crippen LogP contribution in [0.25, 0.3) is 5.69 Å². The Hall–Kier alpha value is -3.22. The smallest absolute Gasteiger partial charge is 0.405 e. The monoisotopic (exact) mass is 503 g/mol. The van der Waals surface area contributed by atoms with Gasteiger partial charge in [-0.25, -0.2) is 4.68 Å². The van der Waals surface area contributed by atoms with Gasteiger partial charge in [0.1, 0.15) is 18.0 Å². The van der Waals surface area contributed by atoms with Crippen molar-refractivity contribution in [2.45, 2.75) is 31.9 Å². The largest absolute Gasteiger partial charge is 0.491 e. The molecule has 9 nitrogen and oxygen atoms in total. The normalized spacial score (nSPS) is 11.4. The van der Waals surface area contributed by atoms with E-state index in [1.54, 1.807) is 7.05 Å². The van der Waals surface area contributed by atoms with E-state index in [9.17, 15) is 27.2 Å². The molecule has 2 rings (SSSR count). The zero-order valence-corrected chi connectivity index (χ0v) is 19.6. The summed E-state index contributed by atoms with van der Waals surface area (Å²) < 4.78 is 61.7. The van der Waals surface area contributed by atoms with Crippen LogP contribution in [0.15, 0.2) is 24.4 Å². The van der Waals surface area contributed by atoms with E-state index in [4.69, 9.17) is 9.47 Å². The van der Waals surface area contributed by atoms with Gasteiger partial charge < -0.3 is 19.7 Å². The van der Waals surface area contributed by atoms with Gasteiger partial charge in [-0.15, -0.1) is 5.10 Å². The van der Waals surface area contributed by atoms with Crippen LogP contribution in [0.1, 0.15) is 46.5 Å². The van der Waals surface area contributed by atoms with Gasteiger partial charge in [0.25, 0.3) is 11.8 Å². The molecule has 194 valence electrons. The van der Waals surface area contributed by atoms with Gasteiger partial charge in [-0.05, 0) is 37.5 Å². The van der Waals surface area contributed by atoms with E-state index in [0.717, 1.165) is 6.42 Å². The van der Waals surface area contributed by atoms with Gasteiger partial charge in [0.05, 0.1) is 26.1 Å². The number of alkyl halides is 4. The van der Waals surface area contributed by atoms with Gasteiger partial charge in [-0.2, -0.15) is 13.2 Å². The predicted molar refractivity (Wildman–Crippen MR) is 119 cm³/mol. The lowest BCUT2D eigenvalue weighted by Gasteiger charge is -2.15. The van der Waals surface area contributed by atoms with Crippen LogP contribution in [0.5, 0.6) is 5.75 Å². The molecule has 2 aromatic rings. The SMILES string of the molecule is COCCN(C)C(=O)c1cn(-c2ccc(C(=O)NCC(F)(F)F)cc2OCCCCCCF)nn1. The van der Waals surface area contributed by atoms with Crippen molar-refractivity contribution < 1.29 is 36.6 Å². The summed E-state index contributed by atoms with van der Waals surface area (Å²) in [6, 6.07) is 4.07. The number of benzene rings is 1. The second-order valence-corrected chi connectivity index (χ2v) is 7.70. The van der Waals surface area contributed by atoms with Crippen molar-refractivity contribution in [1.82, 2.24) is 25.2 Å². The number of rotatable bonds is 14. The van der Waals surface area contributed by atoms with E-state index in [0.29, 0.717) is 38.1 Å². The molecule has 0 unspecified atom stereocenters. The van der Waals surface area contributed by atoms with E-state index in [1.807, 2.05) is 5.32 Å². The first kappa shape index (κ1) is 28.0. The van der Waals surface area contributed by atoms with E-state index in [1.165, 1.54) is 41.1 Å². The summed E-state index contributed by atoms with van der Waals surface area (Å²) in [5.74, 6) is -1.13. The Bertz CT molecular complexity index is 968. The highest BCUT2D eigenvalue weighted by Gasteiger charge is 2.28. The van der Waals surface area contributed by atoms with Crippen molar-refractivity contribution in [3.05, 3.63) is 35.7 Å². The summed E-state index contributed by atoms with van der Waals surface area (Å²) in [4.78, 5) is 26.1. The van der Waals surface area contributed by atoms with Gasteiger partial charge in [-0.1, -0.05) is 11.6 Å². The standard InChI is InChI=1S/C22H29F4N5O4/c1-30(10-12-34-2)21(33)17-14-31(29-28-17)18-8-7-16(20(32)27-15-22(24,25)26)13-19(18)35-11-6-4-3-5-9-23/h7-8,13-14H,3-6,9-12,15H2,1-2H3,(H,27,32). The molecule has 0 spiro atoms. The summed E-state index contributed by atoms with van der Waals surface area (Å²) in [5, 5.41) is 9.67. The van der Waals surface area contributed by atoms with Crippen LogP contribution in [-0.4, -0.2) is 85.0 Å². The number of unbranched alkanes of at least 4 members (excludes halogenated alkanes) is 3. The van der Waals surface area contributed by atoms with Crippen molar-refractivity contribution >= 4 is 11.8 Å². The molecule has 1 N–H and O–H groups in total. The van der Waals surface area contributed by atoms with Gasteiger partial charge >= 0.3 is 6.18 Å². The van der Waals surface area contributed by atoms with Crippen LogP contribution in [0, 0.1) is 0 Å². The molecule has 0 aliphatic heterocycles. The van der Waals surface area contributed by atoms with E-state index >= 15 is 0 Å². The van der Waals surface area contributed by atoms with Gasteiger partial charge in [-0.3, -0.25) is 14.0 Å². The number of nitrogens with one attached hydrogen (secondary N) is 1. The fraction of sp³-hybridized carbons (Fsp3) is 0.545. The lowest BCUT2D eigenvalue weighted by atomic mass is 10.1. The highest BCUT2D eigenvalue weighted by Crippen LogP contribution is 2.25. The van der Waals surface area contributed by atoms with Crippen LogP contribution in [-0.2, 0) is 4.74 Å². The number of ether oxygens (including phenoxy) is 2. The summed E-state index contributed by atoms with van der Waals surface area (Å²) in [6.07, 6.45) is -0.685. The third-order valence-electron chi connectivity index (χ3n) is 4.89. The number of likely N-dealkylation sites (N-methyl/N-ethyl adjacent to an activating group) is 1. The fourth-order valence-electron chi connectivity index (χ4n) is 2.98. The van der Waals surface area contributed by atoms with Gasteiger partial charge in [0.2, 0.25) is 0 Å². The number of halogens is 4. The Morgan fingerprint density at radius 1 is 1.14 bits per heavy atom. The Morgan fingerprint density at radius 2 is 1.89 bits per heavy atom. The Balaban J connectivity index is 2.22. The van der Waals surface area contributed by atoms with Crippen molar-refractivity contribution in [1.29, 1.82) is 0 Å². The molecule has 0 radical (unpaired) electrons. The molecule has 13 heteroatoms. The minimum absolute atomic E-state index is 0.0406. The summed E-state index contributed by atoms with van der Waals surface area (Å²) in [7, 11) is 3.11. The molecule has 0 atom stereocenters. The molecule has 0 bridgehead atoms. The van der Waals surface area contributed by atoms with Crippen molar-refractivity contribution in [3.8, 4) is 11.4 Å². The predicted octanol–water partition coefficient (Wildman–Crippen LogP) is 3.19. The molecule has 0 fully saturated rings. The maximum atomic E-state index is 12.5. The Labute approximate surface area is 200 Å². The average molecular weight is 503 g/mol. The summed E-state index contributed by atoms with van der Waals surface area (Å²) >= 11 is 0. The third kappa shape index (κ3) is 9.15. The van der Waals surface area contributed by atoms with Crippen LogP contribution >= 0.6 is 0 Å². The Morgan fingerprint density at radius 3 is 2.57 bits per heavy atom. The summed E-state index contributed by atoms with van der Waals surface area (Å²) in [6.45, 7) is -0.941. The first-order valence-electron chi connectivity index (χ1n) is 11.0. The second-order valence-electron chi connectivity index (χ2n) is 7.70. The van der Waals surface area contributed by atoms with E-state index < -0.39 is 25.3 Å². The lowest BCUT2D eigenvalue weighted by molar-refractivity contribution is -0.123. The maximum absolute atomic E-state index is 12.5. The zero-order chi connectivity index (χ0) is 25.8. The molecule has 1 aromatic carbocycles. The molecule has 2 amide bonds. The van der Waals surface area contributed by atoms with E-state index in [-0.39, 0.29) is 29.5 Å². The van der Waals surface area contributed by atoms with E-state index in [2.05, 4.69) is 10.3 Å². The van der Waals surface area contributed by atoms with Crippen LogP contribution in [0.4, 0.5) is 17.6 Å². The fourth-order valence-corrected chi connectivity index (χ4v) is 2.98. The minimum atomic E-state index is -4.55. The number of nitrogens with zero attached hydrogens (tertiary/aromatic N) is 4. The molecule has 0 saturated heterocycles. The number of amides is 2. The molecule has 35 heavy (non-hydrogen) atoms. The third-order valence-corrected chi connectivity index (χ3v) is 4.89. The van der Waals surface area contributed by atoms with Crippen molar-refractivity contribution in [2.75, 3.05) is 47.1 Å². The molecule has 0 aliphatic rings. The van der Waals surface area contributed by atoms with Crippen LogP contribution in [0.2, 0.25) is 0 Å². The molecule has 1 heterocycles. The summed E-state index contributed by atoms with van der Waals surface area (Å²) in [5.41, 5.74) is 0.362. The number of hydrogen-bond acceptors (Lipinski definition) is 6. The van der Waals surface area contributed by atoms with Gasteiger partial charge in [0, 0.05) is 26.3 Å². The quantitative estimate of drug-likeness (QED) is 0.314. The first-order chi connectivity index (χ1) is 16.7. The highest BCUT2D eigenvalue weighted by atomic mass is 19.4. The number of methoxy groups -OCH3 is 1. The van der Waals surface area contributed by atoms with Crippen LogP contribution < -0.4 is 10.1 Å². The van der Waals surface area contributed by atoms with Crippen molar-refractivity contribution in [2.24, 2.45) is 0 Å². The molecule has 0 saturated carbocycles. The zero-order valence-electron chi connectivity index (χ0n) is 19.6. The maximum Gasteiger partial charge on any atom is 0.405 e. The minimum Gasteiger partial charge on any atom is -0.491 e. The van der Waals surface area contributed by atoms with Crippen LogP contribution in [0.3, 0.4) is 0 Å². The molecular weight excluding hydrogens is 474 g/mol.